The second kappa shape index (κ2) is 3.65. The summed E-state index contributed by atoms with van der Waals surface area (Å²) in [6, 6.07) is 10.4. The Bertz CT molecular complexity index is 520. The van der Waals surface area contributed by atoms with E-state index in [2.05, 4.69) is 42.5 Å². The van der Waals surface area contributed by atoms with Crippen LogP contribution in [0.15, 0.2) is 42.5 Å². The molecule has 19 heavy (non-hydrogen) atoms. The first-order chi connectivity index (χ1) is 9.40. The highest BCUT2D eigenvalue weighted by atomic mass is 16.5. The normalized spacial score (nSPS) is 48.7. The van der Waals surface area contributed by atoms with Gasteiger partial charge in [-0.2, -0.15) is 0 Å². The predicted molar refractivity (Wildman–Crippen MR) is 74.8 cm³/mol. The van der Waals surface area contributed by atoms with Gasteiger partial charge >= 0.3 is 0 Å². The summed E-state index contributed by atoms with van der Waals surface area (Å²) in [5.74, 6) is 6.60. The molecule has 7 atom stereocenters. The van der Waals surface area contributed by atoms with Crippen LogP contribution in [-0.2, 0) is 0 Å². The summed E-state index contributed by atoms with van der Waals surface area (Å²) in [6.07, 6.45) is 9.69. The van der Waals surface area contributed by atoms with Crippen LogP contribution < -0.4 is 4.74 Å². The highest BCUT2D eigenvalue weighted by molar-refractivity contribution is 5.24. The highest BCUT2D eigenvalue weighted by Crippen LogP contribution is 2.65. The van der Waals surface area contributed by atoms with E-state index in [1.54, 1.807) is 0 Å². The van der Waals surface area contributed by atoms with Gasteiger partial charge in [0, 0.05) is 0 Å². The fourth-order valence-corrected chi connectivity index (χ4v) is 5.76. The van der Waals surface area contributed by atoms with Gasteiger partial charge in [-0.3, -0.25) is 0 Å². The summed E-state index contributed by atoms with van der Waals surface area (Å²) in [7, 11) is 0. The molecule has 1 heteroatoms. The van der Waals surface area contributed by atoms with Crippen molar-refractivity contribution in [1.82, 2.24) is 0 Å². The quantitative estimate of drug-likeness (QED) is 0.573. The van der Waals surface area contributed by atoms with Gasteiger partial charge in [-0.15, -0.1) is 0 Å². The summed E-state index contributed by atoms with van der Waals surface area (Å²) in [6.45, 7) is 0. The topological polar surface area (TPSA) is 9.23 Å². The Labute approximate surface area is 114 Å². The van der Waals surface area contributed by atoms with Crippen molar-refractivity contribution in [3.8, 4) is 5.75 Å². The molecular formula is C18H20O. The van der Waals surface area contributed by atoms with Gasteiger partial charge in [0.1, 0.15) is 11.9 Å². The SMILES string of the molecule is C1=CC2CC1C1C3CC(Oc4ccccc4)C(C3)C21. The maximum Gasteiger partial charge on any atom is 0.119 e. The van der Waals surface area contributed by atoms with Crippen LogP contribution in [0, 0.1) is 35.5 Å². The monoisotopic (exact) mass is 252 g/mol. The molecular weight excluding hydrogens is 232 g/mol. The minimum atomic E-state index is 0.487. The smallest absolute Gasteiger partial charge is 0.119 e. The predicted octanol–water partition coefficient (Wildman–Crippen LogP) is 3.91. The lowest BCUT2D eigenvalue weighted by Crippen LogP contribution is -2.36. The van der Waals surface area contributed by atoms with Crippen LogP contribution >= 0.6 is 0 Å². The average Bonchev–Trinajstić information content (AvgIpc) is 3.18. The molecule has 0 saturated heterocycles. The van der Waals surface area contributed by atoms with Crippen molar-refractivity contribution in [1.29, 1.82) is 0 Å². The van der Waals surface area contributed by atoms with E-state index >= 15 is 0 Å². The molecule has 98 valence electrons. The summed E-state index contributed by atoms with van der Waals surface area (Å²) in [4.78, 5) is 0. The van der Waals surface area contributed by atoms with E-state index in [1.807, 2.05) is 0 Å². The number of hydrogen-bond donors (Lipinski definition) is 0. The molecule has 3 fully saturated rings. The number of rotatable bonds is 2. The van der Waals surface area contributed by atoms with Crippen molar-refractivity contribution in [3.05, 3.63) is 42.5 Å². The van der Waals surface area contributed by atoms with Crippen LogP contribution in [0.4, 0.5) is 0 Å². The van der Waals surface area contributed by atoms with Gasteiger partial charge in [-0.1, -0.05) is 30.4 Å². The zero-order chi connectivity index (χ0) is 12.4. The minimum Gasteiger partial charge on any atom is -0.490 e. The fourth-order valence-electron chi connectivity index (χ4n) is 5.76. The lowest BCUT2D eigenvalue weighted by atomic mass is 9.72. The molecule has 4 aliphatic rings. The van der Waals surface area contributed by atoms with Crippen molar-refractivity contribution in [2.45, 2.75) is 25.4 Å². The highest BCUT2D eigenvalue weighted by Gasteiger charge is 2.61. The summed E-state index contributed by atoms with van der Waals surface area (Å²) >= 11 is 0. The Balaban J connectivity index is 1.40. The molecule has 0 aliphatic heterocycles. The van der Waals surface area contributed by atoms with E-state index in [4.69, 9.17) is 4.74 Å². The molecule has 0 amide bonds. The van der Waals surface area contributed by atoms with Crippen molar-refractivity contribution in [2.24, 2.45) is 35.5 Å². The molecule has 0 aromatic heterocycles. The number of benzene rings is 1. The van der Waals surface area contributed by atoms with Crippen LogP contribution in [0.2, 0.25) is 0 Å². The van der Waals surface area contributed by atoms with Gasteiger partial charge in [0.05, 0.1) is 0 Å². The summed E-state index contributed by atoms with van der Waals surface area (Å²) in [5.41, 5.74) is 0. The van der Waals surface area contributed by atoms with E-state index in [0.29, 0.717) is 6.10 Å². The first-order valence-electron chi connectivity index (χ1n) is 7.80. The lowest BCUT2D eigenvalue weighted by Gasteiger charge is -2.36. The molecule has 1 aromatic carbocycles. The second-order valence-electron chi connectivity index (χ2n) is 6.97. The summed E-state index contributed by atoms with van der Waals surface area (Å²) in [5, 5.41) is 0. The second-order valence-corrected chi connectivity index (χ2v) is 6.97. The van der Waals surface area contributed by atoms with E-state index in [9.17, 15) is 0 Å². The molecule has 0 radical (unpaired) electrons. The first-order valence-corrected chi connectivity index (χ1v) is 7.80. The zero-order valence-electron chi connectivity index (χ0n) is 11.1. The van der Waals surface area contributed by atoms with Gasteiger partial charge in [-0.25, -0.2) is 0 Å². The number of hydrogen-bond acceptors (Lipinski definition) is 1. The third kappa shape index (κ3) is 1.36. The molecule has 1 aromatic rings. The summed E-state index contributed by atoms with van der Waals surface area (Å²) < 4.78 is 6.30. The maximum atomic E-state index is 6.30. The molecule has 4 aliphatic carbocycles. The third-order valence-electron chi connectivity index (χ3n) is 6.24. The standard InChI is InChI=1S/C18H20O/c1-2-4-14(5-3-1)19-16-10-13-9-15(16)18-12-7-6-11(8-12)17(13)18/h1-7,11-13,15-18H,8-10H2. The van der Waals surface area contributed by atoms with E-state index in [-0.39, 0.29) is 0 Å². The van der Waals surface area contributed by atoms with Crippen molar-refractivity contribution in [3.63, 3.8) is 0 Å². The number of ether oxygens (including phenoxy) is 1. The Morgan fingerprint density at radius 2 is 1.63 bits per heavy atom. The van der Waals surface area contributed by atoms with Gasteiger partial charge < -0.3 is 4.74 Å². The van der Waals surface area contributed by atoms with Crippen LogP contribution in [0.5, 0.6) is 5.75 Å². The lowest BCUT2D eigenvalue weighted by molar-refractivity contribution is 0.0665. The van der Waals surface area contributed by atoms with Crippen molar-refractivity contribution >= 4 is 0 Å². The Morgan fingerprint density at radius 1 is 0.842 bits per heavy atom. The van der Waals surface area contributed by atoms with Crippen molar-refractivity contribution < 1.29 is 4.74 Å². The molecule has 0 N–H and O–H groups in total. The third-order valence-corrected chi connectivity index (χ3v) is 6.24. The molecule has 0 heterocycles. The maximum absolute atomic E-state index is 6.30. The first kappa shape index (κ1) is 10.5. The molecule has 0 spiro atoms. The minimum absolute atomic E-state index is 0.487. The van der Waals surface area contributed by atoms with Gasteiger partial charge in [0.25, 0.3) is 0 Å². The largest absolute Gasteiger partial charge is 0.490 e. The van der Waals surface area contributed by atoms with E-state index in [1.165, 1.54) is 19.3 Å². The zero-order valence-corrected chi connectivity index (χ0v) is 11.1. The molecule has 7 unspecified atom stereocenters. The van der Waals surface area contributed by atoms with E-state index in [0.717, 1.165) is 41.3 Å². The number of fused-ring (bicyclic) bond motifs is 9. The molecule has 3 saturated carbocycles. The average molecular weight is 252 g/mol. The van der Waals surface area contributed by atoms with Gasteiger partial charge in [-0.05, 0) is 66.9 Å². The van der Waals surface area contributed by atoms with E-state index < -0.39 is 0 Å². The Morgan fingerprint density at radius 3 is 2.47 bits per heavy atom. The van der Waals surface area contributed by atoms with Crippen LogP contribution in [-0.4, -0.2) is 6.10 Å². The van der Waals surface area contributed by atoms with Crippen LogP contribution in [0.1, 0.15) is 19.3 Å². The Kier molecular flexibility index (Phi) is 2.03. The number of para-hydroxylation sites is 1. The molecule has 4 bridgehead atoms. The number of allylic oxidation sites excluding steroid dienone is 2. The van der Waals surface area contributed by atoms with Gasteiger partial charge in [0.2, 0.25) is 0 Å². The van der Waals surface area contributed by atoms with Crippen molar-refractivity contribution in [2.75, 3.05) is 0 Å². The molecule has 5 rings (SSSR count). The van der Waals surface area contributed by atoms with Crippen LogP contribution in [0.25, 0.3) is 0 Å². The van der Waals surface area contributed by atoms with Gasteiger partial charge in [0.15, 0.2) is 0 Å². The van der Waals surface area contributed by atoms with Crippen LogP contribution in [0.3, 0.4) is 0 Å². The fraction of sp³-hybridized carbons (Fsp3) is 0.556. The molecule has 1 nitrogen and oxygen atoms in total. The Hall–Kier alpha value is -1.24.